The summed E-state index contributed by atoms with van der Waals surface area (Å²) in [7, 11) is 3.01. The van der Waals surface area contributed by atoms with Gasteiger partial charge in [-0.1, -0.05) is 11.6 Å². The number of hydrogen-bond acceptors (Lipinski definition) is 5. The maximum Gasteiger partial charge on any atom is 0.307 e. The van der Waals surface area contributed by atoms with Crippen LogP contribution >= 0.6 is 11.6 Å². The lowest BCUT2D eigenvalue weighted by atomic mass is 10.2. The molecule has 0 bridgehead atoms. The first-order chi connectivity index (χ1) is 10.2. The van der Waals surface area contributed by atoms with Gasteiger partial charge in [-0.05, 0) is 29.8 Å². The average molecular weight is 309 g/mol. The number of nitrogens with one attached hydrogen (secondary N) is 1. The van der Waals surface area contributed by atoms with Gasteiger partial charge in [0.05, 0.1) is 31.7 Å². The molecule has 0 unspecified atom stereocenters. The number of amides is 1. The Labute approximate surface area is 126 Å². The second-order valence-electron chi connectivity index (χ2n) is 3.91. The standard InChI is InChI=1S/C14H13ClN2O4/c1-19-12-7-9(6-10(15)13(12)20-2)8-16-17-14(18)11-4-3-5-21-11/h3-8H,1-2H3,(H,17,18)/b16-8-. The van der Waals surface area contributed by atoms with Crippen LogP contribution in [0, 0.1) is 0 Å². The molecule has 2 rings (SSSR count). The first kappa shape index (κ1) is 14.9. The van der Waals surface area contributed by atoms with Crippen molar-refractivity contribution in [3.8, 4) is 11.5 Å². The van der Waals surface area contributed by atoms with E-state index in [0.717, 1.165) is 0 Å². The van der Waals surface area contributed by atoms with Crippen molar-refractivity contribution in [3.63, 3.8) is 0 Å². The quantitative estimate of drug-likeness (QED) is 0.681. The van der Waals surface area contributed by atoms with E-state index in [1.165, 1.54) is 32.8 Å². The molecule has 0 saturated heterocycles. The molecule has 0 aliphatic carbocycles. The van der Waals surface area contributed by atoms with E-state index in [0.29, 0.717) is 22.1 Å². The van der Waals surface area contributed by atoms with Crippen LogP contribution in [0.15, 0.2) is 40.0 Å². The van der Waals surface area contributed by atoms with Gasteiger partial charge in [0.2, 0.25) is 0 Å². The molecule has 0 atom stereocenters. The van der Waals surface area contributed by atoms with Gasteiger partial charge in [0.1, 0.15) is 0 Å². The number of rotatable bonds is 5. The third kappa shape index (κ3) is 3.55. The Morgan fingerprint density at radius 1 is 1.38 bits per heavy atom. The van der Waals surface area contributed by atoms with Crippen molar-refractivity contribution >= 4 is 23.7 Å². The van der Waals surface area contributed by atoms with Gasteiger partial charge in [-0.15, -0.1) is 0 Å². The van der Waals surface area contributed by atoms with Crippen LogP contribution in [0.25, 0.3) is 0 Å². The van der Waals surface area contributed by atoms with Crippen LogP contribution in [-0.4, -0.2) is 26.3 Å². The Bertz CT molecular complexity index is 653. The van der Waals surface area contributed by atoms with Crippen molar-refractivity contribution in [1.29, 1.82) is 0 Å². The van der Waals surface area contributed by atoms with Crippen LogP contribution in [0.4, 0.5) is 0 Å². The molecule has 0 fully saturated rings. The number of carbonyl (C=O) groups is 1. The second kappa shape index (κ2) is 6.81. The number of halogens is 1. The van der Waals surface area contributed by atoms with Gasteiger partial charge in [-0.3, -0.25) is 4.79 Å². The summed E-state index contributed by atoms with van der Waals surface area (Å²) in [6.45, 7) is 0. The maximum atomic E-state index is 11.6. The van der Waals surface area contributed by atoms with Gasteiger partial charge in [-0.2, -0.15) is 5.10 Å². The Balaban J connectivity index is 2.11. The van der Waals surface area contributed by atoms with Gasteiger partial charge in [0.15, 0.2) is 17.3 Å². The first-order valence-corrected chi connectivity index (χ1v) is 6.32. The Hall–Kier alpha value is -2.47. The topological polar surface area (TPSA) is 73.1 Å². The molecule has 7 heteroatoms. The number of hydrazone groups is 1. The fourth-order valence-corrected chi connectivity index (χ4v) is 1.94. The van der Waals surface area contributed by atoms with Crippen LogP contribution < -0.4 is 14.9 Å². The Kier molecular flexibility index (Phi) is 4.84. The van der Waals surface area contributed by atoms with E-state index in [4.69, 9.17) is 25.5 Å². The summed E-state index contributed by atoms with van der Waals surface area (Å²) >= 11 is 6.07. The van der Waals surface area contributed by atoms with Crippen LogP contribution in [-0.2, 0) is 0 Å². The predicted molar refractivity (Wildman–Crippen MR) is 78.3 cm³/mol. The fourth-order valence-electron chi connectivity index (χ4n) is 1.64. The minimum absolute atomic E-state index is 0.178. The molecule has 1 amide bonds. The molecular formula is C14H13ClN2O4. The molecule has 6 nitrogen and oxygen atoms in total. The zero-order chi connectivity index (χ0) is 15.2. The molecular weight excluding hydrogens is 296 g/mol. The molecule has 21 heavy (non-hydrogen) atoms. The first-order valence-electron chi connectivity index (χ1n) is 5.94. The zero-order valence-electron chi connectivity index (χ0n) is 11.4. The summed E-state index contributed by atoms with van der Waals surface area (Å²) in [5, 5.41) is 4.21. The lowest BCUT2D eigenvalue weighted by Crippen LogP contribution is -2.16. The minimum Gasteiger partial charge on any atom is -0.493 e. The number of carbonyl (C=O) groups excluding carboxylic acids is 1. The van der Waals surface area contributed by atoms with Gasteiger partial charge in [-0.25, -0.2) is 5.43 Å². The summed E-state index contributed by atoms with van der Waals surface area (Å²) in [4.78, 5) is 11.6. The second-order valence-corrected chi connectivity index (χ2v) is 4.32. The molecule has 0 spiro atoms. The molecule has 0 radical (unpaired) electrons. The van der Waals surface area contributed by atoms with E-state index < -0.39 is 5.91 Å². The largest absolute Gasteiger partial charge is 0.493 e. The summed E-state index contributed by atoms with van der Waals surface area (Å²) in [6, 6.07) is 6.49. The molecule has 1 heterocycles. The van der Waals surface area contributed by atoms with Crippen molar-refractivity contribution in [2.45, 2.75) is 0 Å². The molecule has 110 valence electrons. The third-order valence-corrected chi connectivity index (χ3v) is 2.86. The third-order valence-electron chi connectivity index (χ3n) is 2.58. The molecule has 2 aromatic rings. The van der Waals surface area contributed by atoms with Crippen molar-refractivity contribution in [3.05, 3.63) is 46.9 Å². The highest BCUT2D eigenvalue weighted by atomic mass is 35.5. The van der Waals surface area contributed by atoms with Crippen LogP contribution in [0.3, 0.4) is 0 Å². The van der Waals surface area contributed by atoms with Crippen LogP contribution in [0.5, 0.6) is 11.5 Å². The van der Waals surface area contributed by atoms with E-state index in [1.54, 1.807) is 18.2 Å². The number of furan rings is 1. The van der Waals surface area contributed by atoms with Gasteiger partial charge in [0, 0.05) is 0 Å². The number of ether oxygens (including phenoxy) is 2. The molecule has 1 N–H and O–H groups in total. The highest BCUT2D eigenvalue weighted by molar-refractivity contribution is 6.32. The molecule has 0 aliphatic rings. The van der Waals surface area contributed by atoms with Crippen molar-refractivity contribution in [2.75, 3.05) is 14.2 Å². The van der Waals surface area contributed by atoms with Crippen molar-refractivity contribution in [2.24, 2.45) is 5.10 Å². The lowest BCUT2D eigenvalue weighted by molar-refractivity contribution is 0.0927. The van der Waals surface area contributed by atoms with Crippen LogP contribution in [0.1, 0.15) is 16.1 Å². The molecule has 0 saturated carbocycles. The van der Waals surface area contributed by atoms with E-state index >= 15 is 0 Å². The summed E-state index contributed by atoms with van der Waals surface area (Å²) in [6.07, 6.45) is 2.85. The number of nitrogens with zero attached hydrogens (tertiary/aromatic N) is 1. The number of methoxy groups -OCH3 is 2. The van der Waals surface area contributed by atoms with Crippen LogP contribution in [0.2, 0.25) is 5.02 Å². The smallest absolute Gasteiger partial charge is 0.307 e. The fraction of sp³-hybridized carbons (Fsp3) is 0.143. The average Bonchev–Trinajstić information content (AvgIpc) is 3.00. The lowest BCUT2D eigenvalue weighted by Gasteiger charge is -2.09. The number of benzene rings is 1. The number of hydrogen-bond donors (Lipinski definition) is 1. The highest BCUT2D eigenvalue weighted by Crippen LogP contribution is 2.35. The molecule has 0 aliphatic heterocycles. The van der Waals surface area contributed by atoms with Crippen molar-refractivity contribution < 1.29 is 18.7 Å². The van der Waals surface area contributed by atoms with E-state index in [9.17, 15) is 4.79 Å². The SMILES string of the molecule is COc1cc(/C=N\NC(=O)c2ccco2)cc(Cl)c1OC. The van der Waals surface area contributed by atoms with Gasteiger partial charge < -0.3 is 13.9 Å². The summed E-state index contributed by atoms with van der Waals surface area (Å²) in [5.41, 5.74) is 2.99. The highest BCUT2D eigenvalue weighted by Gasteiger charge is 2.10. The predicted octanol–water partition coefficient (Wildman–Crippen LogP) is 2.71. The van der Waals surface area contributed by atoms with E-state index in [1.807, 2.05) is 0 Å². The normalized spacial score (nSPS) is 10.6. The van der Waals surface area contributed by atoms with Crippen molar-refractivity contribution in [1.82, 2.24) is 5.43 Å². The Morgan fingerprint density at radius 2 is 2.19 bits per heavy atom. The van der Waals surface area contributed by atoms with E-state index in [2.05, 4.69) is 10.5 Å². The molecule has 1 aromatic heterocycles. The Morgan fingerprint density at radius 3 is 2.81 bits per heavy atom. The zero-order valence-corrected chi connectivity index (χ0v) is 12.2. The monoisotopic (exact) mass is 308 g/mol. The van der Waals surface area contributed by atoms with Gasteiger partial charge in [0.25, 0.3) is 0 Å². The summed E-state index contributed by atoms with van der Waals surface area (Å²) in [5.74, 6) is 0.653. The van der Waals surface area contributed by atoms with E-state index in [-0.39, 0.29) is 5.76 Å². The maximum absolute atomic E-state index is 11.6. The minimum atomic E-state index is -0.442. The molecule has 1 aromatic carbocycles. The summed E-state index contributed by atoms with van der Waals surface area (Å²) < 4.78 is 15.2. The van der Waals surface area contributed by atoms with Gasteiger partial charge >= 0.3 is 5.91 Å².